The average molecular weight is 284 g/mol. The molecular formula is C19H28N2. The molecule has 1 N–H and O–H groups in total. The minimum Gasteiger partial charge on any atom is -0.316 e. The zero-order chi connectivity index (χ0) is 14.9. The second kappa shape index (κ2) is 8.87. The first-order valence-electron chi connectivity index (χ1n) is 8.26. The van der Waals surface area contributed by atoms with E-state index in [1.807, 2.05) is 0 Å². The van der Waals surface area contributed by atoms with Crippen LogP contribution in [-0.4, -0.2) is 31.1 Å². The van der Waals surface area contributed by atoms with Gasteiger partial charge in [0.25, 0.3) is 0 Å². The Labute approximate surface area is 129 Å². The molecule has 2 rings (SSSR count). The summed E-state index contributed by atoms with van der Waals surface area (Å²) in [4.78, 5) is 2.40. The second-order valence-electron chi connectivity index (χ2n) is 6.13. The maximum atomic E-state index is 5.48. The molecule has 0 amide bonds. The minimum atomic E-state index is 0.763. The standard InChI is InChI=1S/C19H28N2/c1-3-12-20-13-11-17-5-7-18(8-6-17)15-21(14-4-2)16-19-9-10-19/h2,5-8,19-20H,3,9-16H2,1H3. The maximum absolute atomic E-state index is 5.48. The van der Waals surface area contributed by atoms with Crippen molar-refractivity contribution in [3.63, 3.8) is 0 Å². The van der Waals surface area contributed by atoms with Crippen molar-refractivity contribution in [3.05, 3.63) is 35.4 Å². The highest BCUT2D eigenvalue weighted by molar-refractivity contribution is 5.23. The van der Waals surface area contributed by atoms with Gasteiger partial charge < -0.3 is 5.32 Å². The molecule has 2 heteroatoms. The summed E-state index contributed by atoms with van der Waals surface area (Å²) in [6.07, 6.45) is 10.6. The van der Waals surface area contributed by atoms with E-state index in [0.29, 0.717) is 0 Å². The van der Waals surface area contributed by atoms with Crippen molar-refractivity contribution in [2.75, 3.05) is 26.2 Å². The van der Waals surface area contributed by atoms with Crippen LogP contribution in [0.3, 0.4) is 0 Å². The van der Waals surface area contributed by atoms with Gasteiger partial charge in [-0.15, -0.1) is 6.42 Å². The minimum absolute atomic E-state index is 0.763. The van der Waals surface area contributed by atoms with Crippen molar-refractivity contribution in [3.8, 4) is 12.3 Å². The Hall–Kier alpha value is -1.30. The molecule has 0 spiro atoms. The highest BCUT2D eigenvalue weighted by Crippen LogP contribution is 2.30. The lowest BCUT2D eigenvalue weighted by Crippen LogP contribution is -2.26. The van der Waals surface area contributed by atoms with Crippen LogP contribution in [0, 0.1) is 18.3 Å². The fourth-order valence-corrected chi connectivity index (χ4v) is 2.58. The van der Waals surface area contributed by atoms with Gasteiger partial charge in [-0.1, -0.05) is 37.1 Å². The van der Waals surface area contributed by atoms with Gasteiger partial charge in [0.1, 0.15) is 0 Å². The molecule has 0 bridgehead atoms. The molecule has 1 saturated carbocycles. The van der Waals surface area contributed by atoms with Crippen LogP contribution in [0.5, 0.6) is 0 Å². The van der Waals surface area contributed by atoms with E-state index in [0.717, 1.165) is 45.1 Å². The smallest absolute Gasteiger partial charge is 0.0601 e. The molecule has 1 aliphatic rings. The molecule has 21 heavy (non-hydrogen) atoms. The van der Waals surface area contributed by atoms with E-state index in [2.05, 4.69) is 47.3 Å². The fourth-order valence-electron chi connectivity index (χ4n) is 2.58. The fraction of sp³-hybridized carbons (Fsp3) is 0.579. The monoisotopic (exact) mass is 284 g/mol. The quantitative estimate of drug-likeness (QED) is 0.525. The van der Waals surface area contributed by atoms with E-state index in [1.165, 1.54) is 30.4 Å². The van der Waals surface area contributed by atoms with E-state index in [4.69, 9.17) is 6.42 Å². The Balaban J connectivity index is 1.78. The summed E-state index contributed by atoms with van der Waals surface area (Å²) in [7, 11) is 0. The third-order valence-corrected chi connectivity index (χ3v) is 3.97. The number of nitrogens with one attached hydrogen (secondary N) is 1. The van der Waals surface area contributed by atoms with Crippen molar-refractivity contribution >= 4 is 0 Å². The van der Waals surface area contributed by atoms with Gasteiger partial charge >= 0.3 is 0 Å². The van der Waals surface area contributed by atoms with Gasteiger partial charge in [0, 0.05) is 13.1 Å². The predicted molar refractivity (Wildman–Crippen MR) is 90.1 cm³/mol. The largest absolute Gasteiger partial charge is 0.316 e. The van der Waals surface area contributed by atoms with Gasteiger partial charge in [0.2, 0.25) is 0 Å². The first-order chi connectivity index (χ1) is 10.3. The van der Waals surface area contributed by atoms with Crippen LogP contribution in [0.15, 0.2) is 24.3 Å². The number of benzene rings is 1. The zero-order valence-corrected chi connectivity index (χ0v) is 13.3. The summed E-state index contributed by atoms with van der Waals surface area (Å²) in [5.74, 6) is 3.68. The van der Waals surface area contributed by atoms with Crippen molar-refractivity contribution in [2.45, 2.75) is 39.2 Å². The van der Waals surface area contributed by atoms with E-state index in [9.17, 15) is 0 Å². The van der Waals surface area contributed by atoms with Crippen LogP contribution in [0.2, 0.25) is 0 Å². The second-order valence-corrected chi connectivity index (χ2v) is 6.13. The van der Waals surface area contributed by atoms with Gasteiger partial charge in [0.15, 0.2) is 0 Å². The molecule has 2 nitrogen and oxygen atoms in total. The summed E-state index contributed by atoms with van der Waals surface area (Å²) in [6.45, 7) is 7.28. The molecule has 1 aliphatic carbocycles. The van der Waals surface area contributed by atoms with E-state index >= 15 is 0 Å². The van der Waals surface area contributed by atoms with Crippen LogP contribution in [0.1, 0.15) is 37.3 Å². The Morgan fingerprint density at radius 1 is 1.19 bits per heavy atom. The van der Waals surface area contributed by atoms with E-state index < -0.39 is 0 Å². The van der Waals surface area contributed by atoms with Crippen LogP contribution in [-0.2, 0) is 13.0 Å². The highest BCUT2D eigenvalue weighted by atomic mass is 15.1. The third-order valence-electron chi connectivity index (χ3n) is 3.97. The van der Waals surface area contributed by atoms with Gasteiger partial charge in [-0.25, -0.2) is 0 Å². The number of hydrogen-bond donors (Lipinski definition) is 1. The molecule has 0 saturated heterocycles. The highest BCUT2D eigenvalue weighted by Gasteiger charge is 2.23. The Morgan fingerprint density at radius 2 is 1.90 bits per heavy atom. The molecule has 1 aromatic rings. The molecule has 0 atom stereocenters. The summed E-state index contributed by atoms with van der Waals surface area (Å²) in [6, 6.07) is 9.03. The lowest BCUT2D eigenvalue weighted by atomic mass is 10.1. The molecule has 0 aromatic heterocycles. The van der Waals surface area contributed by atoms with Crippen LogP contribution < -0.4 is 5.32 Å². The molecule has 1 fully saturated rings. The number of nitrogens with zero attached hydrogens (tertiary/aromatic N) is 1. The van der Waals surface area contributed by atoms with Crippen LogP contribution in [0.25, 0.3) is 0 Å². The van der Waals surface area contributed by atoms with Crippen LogP contribution >= 0.6 is 0 Å². The Morgan fingerprint density at radius 3 is 2.52 bits per heavy atom. The lowest BCUT2D eigenvalue weighted by molar-refractivity contribution is 0.286. The Kier molecular flexibility index (Phi) is 6.79. The third kappa shape index (κ3) is 6.33. The first-order valence-corrected chi connectivity index (χ1v) is 8.26. The van der Waals surface area contributed by atoms with Crippen molar-refractivity contribution in [1.29, 1.82) is 0 Å². The lowest BCUT2D eigenvalue weighted by Gasteiger charge is -2.19. The first kappa shape index (κ1) is 16.1. The van der Waals surface area contributed by atoms with Gasteiger partial charge in [-0.05, 0) is 55.8 Å². The number of terminal acetylenes is 1. The molecule has 0 unspecified atom stereocenters. The summed E-state index contributed by atoms with van der Waals surface area (Å²) >= 11 is 0. The van der Waals surface area contributed by atoms with E-state index in [-0.39, 0.29) is 0 Å². The normalized spacial score (nSPS) is 14.3. The average Bonchev–Trinajstić information content (AvgIpc) is 3.29. The van der Waals surface area contributed by atoms with Crippen molar-refractivity contribution in [1.82, 2.24) is 10.2 Å². The molecule has 0 radical (unpaired) electrons. The predicted octanol–water partition coefficient (Wildman–Crippen LogP) is 3.07. The van der Waals surface area contributed by atoms with Gasteiger partial charge in [0.05, 0.1) is 6.54 Å². The number of hydrogen-bond acceptors (Lipinski definition) is 2. The Bertz CT molecular complexity index is 440. The molecule has 0 heterocycles. The maximum Gasteiger partial charge on any atom is 0.0601 e. The van der Waals surface area contributed by atoms with Crippen molar-refractivity contribution < 1.29 is 0 Å². The molecule has 114 valence electrons. The van der Waals surface area contributed by atoms with Gasteiger partial charge in [-0.3, -0.25) is 4.90 Å². The topological polar surface area (TPSA) is 15.3 Å². The van der Waals surface area contributed by atoms with E-state index in [1.54, 1.807) is 0 Å². The molecular weight excluding hydrogens is 256 g/mol. The molecule has 1 aromatic carbocycles. The number of rotatable bonds is 10. The SMILES string of the molecule is C#CCN(Cc1ccc(CCNCCC)cc1)CC1CC1. The molecule has 0 aliphatic heterocycles. The summed E-state index contributed by atoms with van der Waals surface area (Å²) < 4.78 is 0. The van der Waals surface area contributed by atoms with Gasteiger partial charge in [-0.2, -0.15) is 0 Å². The summed E-state index contributed by atoms with van der Waals surface area (Å²) in [5.41, 5.74) is 2.78. The van der Waals surface area contributed by atoms with Crippen molar-refractivity contribution in [2.24, 2.45) is 5.92 Å². The zero-order valence-electron chi connectivity index (χ0n) is 13.3. The summed E-state index contributed by atoms with van der Waals surface area (Å²) in [5, 5.41) is 3.45. The van der Waals surface area contributed by atoms with Crippen LogP contribution in [0.4, 0.5) is 0 Å².